The Bertz CT molecular complexity index is 1280. The lowest BCUT2D eigenvalue weighted by Gasteiger charge is -2.20. The number of carbonyl (C=O) groups excluding carboxylic acids is 2. The van der Waals surface area contributed by atoms with Crippen LogP contribution in [0.15, 0.2) is 42.6 Å². The minimum atomic E-state index is -0.668. The molecule has 4 rings (SSSR count). The number of benzene rings is 2. The molecule has 3 amide bonds. The van der Waals surface area contributed by atoms with Gasteiger partial charge in [0.25, 0.3) is 5.91 Å². The first-order valence-electron chi connectivity index (χ1n) is 12.3. The summed E-state index contributed by atoms with van der Waals surface area (Å²) in [5.41, 5.74) is 2.40. The third-order valence-electron chi connectivity index (χ3n) is 6.27. The number of ether oxygens (including phenoxy) is 2. The third kappa shape index (κ3) is 6.46. The van der Waals surface area contributed by atoms with Gasteiger partial charge in [-0.3, -0.25) is 9.78 Å². The van der Waals surface area contributed by atoms with Gasteiger partial charge in [-0.15, -0.1) is 0 Å². The van der Waals surface area contributed by atoms with E-state index in [-0.39, 0.29) is 18.5 Å². The lowest BCUT2D eigenvalue weighted by atomic mass is 10.1. The van der Waals surface area contributed by atoms with Crippen molar-refractivity contribution < 1.29 is 24.2 Å². The molecule has 2 aromatic carbocycles. The lowest BCUT2D eigenvalue weighted by Crippen LogP contribution is -2.34. The van der Waals surface area contributed by atoms with Gasteiger partial charge in [-0.2, -0.15) is 0 Å². The molecule has 37 heavy (non-hydrogen) atoms. The monoisotopic (exact) mass is 507 g/mol. The van der Waals surface area contributed by atoms with Crippen molar-refractivity contribution in [1.29, 1.82) is 0 Å². The first-order chi connectivity index (χ1) is 17.9. The van der Waals surface area contributed by atoms with Crippen molar-refractivity contribution in [1.82, 2.24) is 20.5 Å². The molecule has 1 aromatic heterocycles. The number of aryl methyl sites for hydroxylation is 1. The normalized spacial score (nSPS) is 14.3. The molecule has 1 saturated heterocycles. The molecule has 0 spiro atoms. The molecule has 10 nitrogen and oxygen atoms in total. The van der Waals surface area contributed by atoms with Gasteiger partial charge in [-0.05, 0) is 68.8 Å². The molecule has 3 aromatic rings. The fourth-order valence-electron chi connectivity index (χ4n) is 4.32. The molecule has 0 unspecified atom stereocenters. The average molecular weight is 508 g/mol. The number of nitrogens with zero attached hydrogens (tertiary/aromatic N) is 2. The van der Waals surface area contributed by atoms with Crippen molar-refractivity contribution in [2.24, 2.45) is 0 Å². The number of β-amino-alcohol motifs (C(OH)–C–C–N with tert-alkyl or cyclic N) is 1. The van der Waals surface area contributed by atoms with Crippen molar-refractivity contribution in [3.05, 3.63) is 53.7 Å². The third-order valence-corrected chi connectivity index (χ3v) is 6.27. The Morgan fingerprint density at radius 2 is 1.86 bits per heavy atom. The van der Waals surface area contributed by atoms with Crippen molar-refractivity contribution >= 4 is 28.5 Å². The Hall–Kier alpha value is -3.89. The number of urea groups is 1. The molecule has 0 aliphatic carbocycles. The predicted octanol–water partition coefficient (Wildman–Crippen LogP) is 3.28. The predicted molar refractivity (Wildman–Crippen MR) is 142 cm³/mol. The molecular weight excluding hydrogens is 474 g/mol. The van der Waals surface area contributed by atoms with E-state index in [0.717, 1.165) is 31.5 Å². The number of amides is 3. The van der Waals surface area contributed by atoms with E-state index in [0.29, 0.717) is 45.9 Å². The highest BCUT2D eigenvalue weighted by Crippen LogP contribution is 2.34. The highest BCUT2D eigenvalue weighted by atomic mass is 16.5. The molecule has 1 aliphatic rings. The number of hydrogen-bond donors (Lipinski definition) is 4. The molecule has 0 bridgehead atoms. The highest BCUT2D eigenvalue weighted by molar-refractivity contribution is 6.02. The fourth-order valence-corrected chi connectivity index (χ4v) is 4.32. The zero-order valence-corrected chi connectivity index (χ0v) is 21.3. The second-order valence-corrected chi connectivity index (χ2v) is 9.01. The van der Waals surface area contributed by atoms with Crippen LogP contribution in [0.4, 0.5) is 10.5 Å². The summed E-state index contributed by atoms with van der Waals surface area (Å²) in [4.78, 5) is 31.0. The Balaban J connectivity index is 1.57. The van der Waals surface area contributed by atoms with Crippen molar-refractivity contribution in [2.75, 3.05) is 45.7 Å². The number of anilines is 1. The largest absolute Gasteiger partial charge is 0.490 e. The van der Waals surface area contributed by atoms with Crippen LogP contribution in [0.25, 0.3) is 10.9 Å². The van der Waals surface area contributed by atoms with Crippen LogP contribution in [-0.4, -0.2) is 73.4 Å². The van der Waals surface area contributed by atoms with Crippen LogP contribution in [0.2, 0.25) is 0 Å². The van der Waals surface area contributed by atoms with E-state index in [4.69, 9.17) is 9.47 Å². The number of rotatable bonds is 9. The zero-order valence-electron chi connectivity index (χ0n) is 21.3. The van der Waals surface area contributed by atoms with Gasteiger partial charge in [0.05, 0.1) is 11.1 Å². The maximum atomic E-state index is 12.7. The number of aliphatic hydroxyl groups is 1. The minimum Gasteiger partial charge on any atom is -0.490 e. The summed E-state index contributed by atoms with van der Waals surface area (Å²) in [5, 5.41) is 19.0. The number of aliphatic hydroxyl groups excluding tert-OH is 1. The molecule has 0 saturated carbocycles. The van der Waals surface area contributed by atoms with Crippen molar-refractivity contribution in [3.63, 3.8) is 0 Å². The van der Waals surface area contributed by atoms with E-state index >= 15 is 0 Å². The summed E-state index contributed by atoms with van der Waals surface area (Å²) < 4.78 is 12.1. The second kappa shape index (κ2) is 11.9. The smallest absolute Gasteiger partial charge is 0.318 e. The van der Waals surface area contributed by atoms with E-state index in [1.54, 1.807) is 50.6 Å². The van der Waals surface area contributed by atoms with E-state index in [2.05, 4.69) is 25.8 Å². The summed E-state index contributed by atoms with van der Waals surface area (Å²) >= 11 is 0. The molecule has 0 radical (unpaired) electrons. The zero-order chi connectivity index (χ0) is 26.4. The van der Waals surface area contributed by atoms with Gasteiger partial charge in [0.2, 0.25) is 0 Å². The standard InChI is InChI=1S/C27H33N5O5/c1-17-12-19(6-7-22(17)31-27(35)29-3)37-24-8-9-30-23-14-25(21(13-20(23)24)26(34)28-2)36-16-18(33)15-32-10-4-5-11-32/h6-9,12-14,18,33H,4-5,10-11,15-16H2,1-3H3,(H,28,34)(H2,29,31,35)/t18-/m1/s1. The van der Waals surface area contributed by atoms with Gasteiger partial charge in [-0.25, -0.2) is 4.79 Å². The van der Waals surface area contributed by atoms with Crippen LogP contribution in [0, 0.1) is 6.92 Å². The molecule has 1 aliphatic heterocycles. The van der Waals surface area contributed by atoms with Crippen LogP contribution in [0.1, 0.15) is 28.8 Å². The maximum Gasteiger partial charge on any atom is 0.318 e. The van der Waals surface area contributed by atoms with Gasteiger partial charge in [0, 0.05) is 44.0 Å². The van der Waals surface area contributed by atoms with Crippen molar-refractivity contribution in [3.8, 4) is 17.2 Å². The lowest BCUT2D eigenvalue weighted by molar-refractivity contribution is 0.0746. The van der Waals surface area contributed by atoms with Gasteiger partial charge in [0.15, 0.2) is 0 Å². The van der Waals surface area contributed by atoms with Gasteiger partial charge >= 0.3 is 6.03 Å². The number of aromatic nitrogens is 1. The molecule has 2 heterocycles. The Kier molecular flexibility index (Phi) is 8.42. The van der Waals surface area contributed by atoms with E-state index in [1.165, 1.54) is 0 Å². The number of carbonyl (C=O) groups is 2. The van der Waals surface area contributed by atoms with Crippen LogP contribution >= 0.6 is 0 Å². The number of hydrogen-bond acceptors (Lipinski definition) is 7. The molecule has 1 fully saturated rings. The number of pyridine rings is 1. The van der Waals surface area contributed by atoms with Crippen molar-refractivity contribution in [2.45, 2.75) is 25.9 Å². The van der Waals surface area contributed by atoms with Crippen LogP contribution in [0.5, 0.6) is 17.2 Å². The quantitative estimate of drug-likeness (QED) is 0.350. The second-order valence-electron chi connectivity index (χ2n) is 9.01. The highest BCUT2D eigenvalue weighted by Gasteiger charge is 2.20. The number of nitrogens with one attached hydrogen (secondary N) is 3. The minimum absolute atomic E-state index is 0.0674. The number of likely N-dealkylation sites (tertiary alicyclic amines) is 1. The molecule has 4 N–H and O–H groups in total. The topological polar surface area (TPSA) is 125 Å². The molecule has 10 heteroatoms. The summed E-state index contributed by atoms with van der Waals surface area (Å²) in [7, 11) is 3.10. The van der Waals surface area contributed by atoms with Crippen LogP contribution in [-0.2, 0) is 0 Å². The van der Waals surface area contributed by atoms with Crippen LogP contribution in [0.3, 0.4) is 0 Å². The molecule has 196 valence electrons. The molecular formula is C27H33N5O5. The maximum absolute atomic E-state index is 12.7. The summed E-state index contributed by atoms with van der Waals surface area (Å²) in [6, 6.07) is 10.1. The first-order valence-corrected chi connectivity index (χ1v) is 12.3. The average Bonchev–Trinajstić information content (AvgIpc) is 3.41. The van der Waals surface area contributed by atoms with Gasteiger partial charge in [0.1, 0.15) is 30.0 Å². The summed E-state index contributed by atoms with van der Waals surface area (Å²) in [5.74, 6) is 1.11. The van der Waals surface area contributed by atoms with Crippen LogP contribution < -0.4 is 25.4 Å². The Labute approximate surface area is 216 Å². The van der Waals surface area contributed by atoms with Gasteiger partial charge < -0.3 is 35.4 Å². The SMILES string of the molecule is CNC(=O)Nc1ccc(Oc2ccnc3cc(OC[C@H](O)CN4CCCC4)c(C(=O)NC)cc23)cc1C. The van der Waals surface area contributed by atoms with E-state index in [9.17, 15) is 14.7 Å². The summed E-state index contributed by atoms with van der Waals surface area (Å²) in [6.07, 6.45) is 3.24. The summed E-state index contributed by atoms with van der Waals surface area (Å²) in [6.45, 7) is 4.44. The van der Waals surface area contributed by atoms with E-state index in [1.807, 2.05) is 13.0 Å². The Morgan fingerprint density at radius 3 is 2.57 bits per heavy atom. The number of fused-ring (bicyclic) bond motifs is 1. The van der Waals surface area contributed by atoms with Gasteiger partial charge in [-0.1, -0.05) is 0 Å². The van der Waals surface area contributed by atoms with E-state index < -0.39 is 6.10 Å². The fraction of sp³-hybridized carbons (Fsp3) is 0.370. The molecule has 1 atom stereocenters. The Morgan fingerprint density at radius 1 is 1.08 bits per heavy atom. The first kappa shape index (κ1) is 26.2.